The molecule has 1 aromatic rings. The fourth-order valence-electron chi connectivity index (χ4n) is 2.84. The lowest BCUT2D eigenvalue weighted by Gasteiger charge is -2.36. The lowest BCUT2D eigenvalue weighted by atomic mass is 9.92. The van der Waals surface area contributed by atoms with Crippen molar-refractivity contribution in [2.45, 2.75) is 76.9 Å². The van der Waals surface area contributed by atoms with Gasteiger partial charge in [0, 0.05) is 0 Å². The molecule has 0 N–H and O–H groups in total. The average molecular weight is 317 g/mol. The van der Waals surface area contributed by atoms with Gasteiger partial charge in [0.05, 0.1) is 0 Å². The van der Waals surface area contributed by atoms with Gasteiger partial charge in [0.15, 0.2) is 0 Å². The highest BCUT2D eigenvalue weighted by Crippen LogP contribution is 2.38. The minimum atomic E-state index is -1.73. The van der Waals surface area contributed by atoms with Crippen LogP contribution in [0.4, 0.5) is 0 Å². The Balaban J connectivity index is 2.06. The highest BCUT2D eigenvalue weighted by molar-refractivity contribution is 6.74. The van der Waals surface area contributed by atoms with Crippen molar-refractivity contribution < 1.29 is 4.43 Å². The van der Waals surface area contributed by atoms with Gasteiger partial charge in [-0.25, -0.2) is 0 Å². The predicted molar refractivity (Wildman–Crippen MR) is 99.2 cm³/mol. The number of rotatable bonds is 3. The third-order valence-electron chi connectivity index (χ3n) is 5.46. The molecule has 0 radical (unpaired) electrons. The van der Waals surface area contributed by atoms with Gasteiger partial charge in [-0.3, -0.25) is 0 Å². The fraction of sp³-hybridized carbons (Fsp3) is 0.600. The fourth-order valence-corrected chi connectivity index (χ4v) is 3.87. The van der Waals surface area contributed by atoms with E-state index in [1.165, 1.54) is 43.2 Å². The maximum absolute atomic E-state index is 6.38. The van der Waals surface area contributed by atoms with Gasteiger partial charge in [0.2, 0.25) is 8.32 Å². The molecule has 0 spiro atoms. The second-order valence-electron chi connectivity index (χ2n) is 8.31. The summed E-state index contributed by atoms with van der Waals surface area (Å²) in [6.45, 7) is 15.6. The van der Waals surface area contributed by atoms with Gasteiger partial charge in [-0.05, 0) is 73.9 Å². The first kappa shape index (κ1) is 17.3. The third-order valence-corrected chi connectivity index (χ3v) is 9.82. The minimum Gasteiger partial charge on any atom is -0.544 e. The first-order chi connectivity index (χ1) is 10.2. The van der Waals surface area contributed by atoms with E-state index in [1.54, 1.807) is 0 Å². The maximum Gasteiger partial charge on any atom is 0.250 e. The van der Waals surface area contributed by atoms with E-state index in [2.05, 4.69) is 64.7 Å². The first-order valence-electron chi connectivity index (χ1n) is 8.65. The molecule has 2 rings (SSSR count). The van der Waals surface area contributed by atoms with Gasteiger partial charge in [-0.2, -0.15) is 0 Å². The SMILES string of the molecule is C=C1CCCC(c2ccc(O[Si](C)(C)C(C)(C)C)cc2)CC1. The van der Waals surface area contributed by atoms with Crippen LogP contribution in [-0.2, 0) is 0 Å². The van der Waals surface area contributed by atoms with Crippen molar-refractivity contribution in [3.05, 3.63) is 42.0 Å². The van der Waals surface area contributed by atoms with Crippen molar-refractivity contribution in [2.24, 2.45) is 0 Å². The van der Waals surface area contributed by atoms with Gasteiger partial charge in [-0.15, -0.1) is 0 Å². The van der Waals surface area contributed by atoms with Crippen molar-refractivity contribution in [1.29, 1.82) is 0 Å². The first-order valence-corrected chi connectivity index (χ1v) is 11.6. The smallest absolute Gasteiger partial charge is 0.250 e. The van der Waals surface area contributed by atoms with Gasteiger partial charge >= 0.3 is 0 Å². The predicted octanol–water partition coefficient (Wildman–Crippen LogP) is 6.67. The summed E-state index contributed by atoms with van der Waals surface area (Å²) in [4.78, 5) is 0. The molecule has 1 aliphatic rings. The quantitative estimate of drug-likeness (QED) is 0.343. The third kappa shape index (κ3) is 4.25. The Morgan fingerprint density at radius 3 is 2.27 bits per heavy atom. The van der Waals surface area contributed by atoms with Crippen LogP contribution in [0.2, 0.25) is 18.1 Å². The Hall–Kier alpha value is -1.02. The number of allylic oxidation sites excluding steroid dienone is 1. The van der Waals surface area contributed by atoms with E-state index in [9.17, 15) is 0 Å². The van der Waals surface area contributed by atoms with Crippen molar-refractivity contribution in [3.63, 3.8) is 0 Å². The topological polar surface area (TPSA) is 9.23 Å². The largest absolute Gasteiger partial charge is 0.544 e. The normalized spacial score (nSPS) is 20.6. The van der Waals surface area contributed by atoms with Gasteiger partial charge in [0.25, 0.3) is 0 Å². The Labute approximate surface area is 137 Å². The second-order valence-corrected chi connectivity index (χ2v) is 13.0. The highest BCUT2D eigenvalue weighted by atomic mass is 28.4. The Morgan fingerprint density at radius 2 is 1.68 bits per heavy atom. The molecule has 0 saturated heterocycles. The molecule has 122 valence electrons. The summed E-state index contributed by atoms with van der Waals surface area (Å²) in [6, 6.07) is 8.91. The standard InChI is InChI=1S/C20H32OSi/c1-16-8-7-9-17(11-10-16)18-12-14-19(15-13-18)21-22(5,6)20(2,3)4/h12-15,17H,1,7-11H2,2-6H3. The van der Waals surface area contributed by atoms with E-state index >= 15 is 0 Å². The molecule has 1 aromatic carbocycles. The van der Waals surface area contributed by atoms with E-state index in [0.717, 1.165) is 5.75 Å². The summed E-state index contributed by atoms with van der Waals surface area (Å²) in [5.74, 6) is 1.73. The highest BCUT2D eigenvalue weighted by Gasteiger charge is 2.38. The van der Waals surface area contributed by atoms with Crippen molar-refractivity contribution in [3.8, 4) is 5.75 Å². The molecule has 2 heteroatoms. The summed E-state index contributed by atoms with van der Waals surface area (Å²) >= 11 is 0. The van der Waals surface area contributed by atoms with Crippen molar-refractivity contribution in [1.82, 2.24) is 0 Å². The van der Waals surface area contributed by atoms with E-state index in [4.69, 9.17) is 4.43 Å². The number of benzene rings is 1. The van der Waals surface area contributed by atoms with E-state index < -0.39 is 8.32 Å². The second kappa shape index (κ2) is 6.62. The van der Waals surface area contributed by atoms with Gasteiger partial charge in [-0.1, -0.05) is 45.1 Å². The summed E-state index contributed by atoms with van der Waals surface area (Å²) in [5, 5.41) is 0.243. The van der Waals surface area contributed by atoms with Crippen LogP contribution in [0.1, 0.15) is 64.4 Å². The Bertz CT molecular complexity index is 508. The molecule has 22 heavy (non-hydrogen) atoms. The monoisotopic (exact) mass is 316 g/mol. The Morgan fingerprint density at radius 1 is 1.05 bits per heavy atom. The maximum atomic E-state index is 6.38. The molecule has 1 nitrogen and oxygen atoms in total. The zero-order valence-corrected chi connectivity index (χ0v) is 16.0. The molecular weight excluding hydrogens is 284 g/mol. The van der Waals surface area contributed by atoms with Crippen LogP contribution in [0.25, 0.3) is 0 Å². The molecule has 1 saturated carbocycles. The minimum absolute atomic E-state index is 0.243. The van der Waals surface area contributed by atoms with Crippen LogP contribution < -0.4 is 4.43 Å². The summed E-state index contributed by atoms with van der Waals surface area (Å²) in [7, 11) is -1.73. The molecule has 0 amide bonds. The summed E-state index contributed by atoms with van der Waals surface area (Å²) in [5.41, 5.74) is 2.90. The molecule has 1 fully saturated rings. The molecule has 0 aliphatic heterocycles. The zero-order valence-electron chi connectivity index (χ0n) is 15.0. The van der Waals surface area contributed by atoms with Crippen molar-refractivity contribution in [2.75, 3.05) is 0 Å². The molecule has 0 aromatic heterocycles. The van der Waals surface area contributed by atoms with Gasteiger partial charge < -0.3 is 4.43 Å². The van der Waals surface area contributed by atoms with Crippen LogP contribution in [0, 0.1) is 0 Å². The lowest BCUT2D eigenvalue weighted by molar-refractivity contribution is 0.491. The van der Waals surface area contributed by atoms with E-state index in [-0.39, 0.29) is 5.04 Å². The average Bonchev–Trinajstić information content (AvgIpc) is 2.63. The lowest BCUT2D eigenvalue weighted by Crippen LogP contribution is -2.43. The number of hydrogen-bond acceptors (Lipinski definition) is 1. The molecule has 1 atom stereocenters. The molecule has 1 unspecified atom stereocenters. The van der Waals surface area contributed by atoms with Crippen LogP contribution >= 0.6 is 0 Å². The van der Waals surface area contributed by atoms with Crippen LogP contribution in [0.3, 0.4) is 0 Å². The van der Waals surface area contributed by atoms with Gasteiger partial charge in [0.1, 0.15) is 5.75 Å². The van der Waals surface area contributed by atoms with Crippen LogP contribution in [0.15, 0.2) is 36.4 Å². The van der Waals surface area contributed by atoms with E-state index in [0.29, 0.717) is 5.92 Å². The molecule has 0 bridgehead atoms. The summed E-state index contributed by atoms with van der Waals surface area (Å²) < 4.78 is 6.38. The number of hydrogen-bond donors (Lipinski definition) is 0. The summed E-state index contributed by atoms with van der Waals surface area (Å²) in [6.07, 6.45) is 6.23. The van der Waals surface area contributed by atoms with Crippen LogP contribution in [0.5, 0.6) is 5.75 Å². The molecular formula is C20H32OSi. The van der Waals surface area contributed by atoms with Crippen LogP contribution in [-0.4, -0.2) is 8.32 Å². The zero-order chi connectivity index (χ0) is 16.4. The van der Waals surface area contributed by atoms with E-state index in [1.807, 2.05) is 0 Å². The van der Waals surface area contributed by atoms with Crippen molar-refractivity contribution >= 4 is 8.32 Å². The Kier molecular flexibility index (Phi) is 5.21. The molecule has 0 heterocycles. The molecule has 1 aliphatic carbocycles.